The lowest BCUT2D eigenvalue weighted by Crippen LogP contribution is -2.12. The fraction of sp³-hybridized carbons (Fsp3) is 0.250. The van der Waals surface area contributed by atoms with E-state index in [1.54, 1.807) is 24.3 Å². The van der Waals surface area contributed by atoms with Gasteiger partial charge in [0.2, 0.25) is 6.10 Å². The van der Waals surface area contributed by atoms with Crippen molar-refractivity contribution in [3.05, 3.63) is 30.0 Å². The van der Waals surface area contributed by atoms with E-state index >= 15 is 0 Å². The third kappa shape index (κ3) is 1.97. The van der Waals surface area contributed by atoms with Gasteiger partial charge < -0.3 is 19.0 Å². The maximum absolute atomic E-state index is 11.2. The Morgan fingerprint density at radius 1 is 1.41 bits per heavy atom. The molecule has 0 aliphatic carbocycles. The summed E-state index contributed by atoms with van der Waals surface area (Å²) >= 11 is 0. The number of hydrogen-bond acceptors (Lipinski definition) is 5. The quantitative estimate of drug-likeness (QED) is 0.820. The SMILES string of the molecule is COC(=O)C(O)c1cc2c(OC)cccc2o1. The van der Waals surface area contributed by atoms with Crippen molar-refractivity contribution in [2.45, 2.75) is 6.10 Å². The molecule has 0 aliphatic heterocycles. The van der Waals surface area contributed by atoms with Gasteiger partial charge in [0.15, 0.2) is 0 Å². The van der Waals surface area contributed by atoms with Gasteiger partial charge in [-0.25, -0.2) is 4.79 Å². The minimum Gasteiger partial charge on any atom is -0.496 e. The molecule has 1 atom stereocenters. The summed E-state index contributed by atoms with van der Waals surface area (Å²) in [6.07, 6.45) is -1.42. The van der Waals surface area contributed by atoms with Crippen LogP contribution in [0.1, 0.15) is 11.9 Å². The van der Waals surface area contributed by atoms with E-state index in [0.717, 1.165) is 0 Å². The number of rotatable bonds is 3. The van der Waals surface area contributed by atoms with Crippen molar-refractivity contribution in [2.24, 2.45) is 0 Å². The Kier molecular flexibility index (Phi) is 3.01. The molecule has 90 valence electrons. The van der Waals surface area contributed by atoms with E-state index in [9.17, 15) is 9.90 Å². The van der Waals surface area contributed by atoms with Crippen molar-refractivity contribution < 1.29 is 23.8 Å². The third-order valence-corrected chi connectivity index (χ3v) is 2.45. The number of fused-ring (bicyclic) bond motifs is 1. The first-order chi connectivity index (χ1) is 8.17. The number of hydrogen-bond donors (Lipinski definition) is 1. The predicted octanol–water partition coefficient (Wildman–Crippen LogP) is 1.65. The maximum Gasteiger partial charge on any atom is 0.342 e. The zero-order valence-corrected chi connectivity index (χ0v) is 9.47. The van der Waals surface area contributed by atoms with Crippen LogP contribution in [0.4, 0.5) is 0 Å². The van der Waals surface area contributed by atoms with E-state index in [1.807, 2.05) is 0 Å². The van der Waals surface area contributed by atoms with Gasteiger partial charge in [-0.1, -0.05) is 6.07 Å². The van der Waals surface area contributed by atoms with Gasteiger partial charge in [-0.15, -0.1) is 0 Å². The Balaban J connectivity index is 2.47. The standard InChI is InChI=1S/C12H12O5/c1-15-8-4-3-5-9-7(8)6-10(17-9)11(13)12(14)16-2/h3-6,11,13H,1-2H3. The molecule has 1 N–H and O–H groups in total. The monoisotopic (exact) mass is 236 g/mol. The van der Waals surface area contributed by atoms with Crippen LogP contribution in [0.2, 0.25) is 0 Å². The molecule has 2 aromatic rings. The van der Waals surface area contributed by atoms with Gasteiger partial charge in [0, 0.05) is 0 Å². The van der Waals surface area contributed by atoms with Crippen LogP contribution in [0.25, 0.3) is 11.0 Å². The molecule has 0 spiro atoms. The van der Waals surface area contributed by atoms with E-state index in [-0.39, 0.29) is 5.76 Å². The molecule has 1 heterocycles. The number of aliphatic hydroxyl groups excluding tert-OH is 1. The summed E-state index contributed by atoms with van der Waals surface area (Å²) in [5.74, 6) is -0.00561. The average molecular weight is 236 g/mol. The lowest BCUT2D eigenvalue weighted by atomic mass is 10.2. The molecule has 1 unspecified atom stereocenters. The van der Waals surface area contributed by atoms with Gasteiger partial charge >= 0.3 is 5.97 Å². The third-order valence-electron chi connectivity index (χ3n) is 2.45. The summed E-state index contributed by atoms with van der Waals surface area (Å²) in [7, 11) is 2.74. The van der Waals surface area contributed by atoms with E-state index < -0.39 is 12.1 Å². The molecule has 0 bridgehead atoms. The van der Waals surface area contributed by atoms with Gasteiger partial charge in [0.25, 0.3) is 0 Å². The summed E-state index contributed by atoms with van der Waals surface area (Å²) in [4.78, 5) is 11.2. The number of benzene rings is 1. The second-order valence-corrected chi connectivity index (χ2v) is 3.45. The highest BCUT2D eigenvalue weighted by molar-refractivity contribution is 5.86. The van der Waals surface area contributed by atoms with Crippen molar-refractivity contribution in [2.75, 3.05) is 14.2 Å². The zero-order chi connectivity index (χ0) is 12.4. The van der Waals surface area contributed by atoms with Crippen LogP contribution in [0, 0.1) is 0 Å². The molecule has 0 saturated heterocycles. The van der Waals surface area contributed by atoms with Crippen molar-refractivity contribution in [3.8, 4) is 5.75 Å². The molecule has 0 aliphatic rings. The van der Waals surface area contributed by atoms with E-state index in [4.69, 9.17) is 9.15 Å². The Bertz CT molecular complexity index is 543. The number of aliphatic hydroxyl groups is 1. The fourth-order valence-electron chi connectivity index (χ4n) is 1.59. The van der Waals surface area contributed by atoms with E-state index in [0.29, 0.717) is 16.7 Å². The van der Waals surface area contributed by atoms with Gasteiger partial charge in [-0.05, 0) is 18.2 Å². The van der Waals surface area contributed by atoms with Gasteiger partial charge in [-0.2, -0.15) is 0 Å². The fourth-order valence-corrected chi connectivity index (χ4v) is 1.59. The number of furan rings is 1. The lowest BCUT2D eigenvalue weighted by Gasteiger charge is -2.03. The van der Waals surface area contributed by atoms with Crippen molar-refractivity contribution in [1.82, 2.24) is 0 Å². The first kappa shape index (κ1) is 11.5. The number of methoxy groups -OCH3 is 2. The first-order valence-electron chi connectivity index (χ1n) is 4.99. The van der Waals surface area contributed by atoms with Crippen LogP contribution in [-0.2, 0) is 9.53 Å². The maximum atomic E-state index is 11.2. The highest BCUT2D eigenvalue weighted by Crippen LogP contribution is 2.31. The summed E-state index contributed by atoms with van der Waals surface area (Å²) < 4.78 is 15.0. The molecular formula is C12H12O5. The zero-order valence-electron chi connectivity index (χ0n) is 9.47. The van der Waals surface area contributed by atoms with Crippen LogP contribution in [0.15, 0.2) is 28.7 Å². The van der Waals surface area contributed by atoms with Gasteiger partial charge in [0.05, 0.1) is 19.6 Å². The molecule has 5 nitrogen and oxygen atoms in total. The summed E-state index contributed by atoms with van der Waals surface area (Å²) in [6.45, 7) is 0. The number of ether oxygens (including phenoxy) is 2. The molecule has 0 fully saturated rings. The molecule has 0 radical (unpaired) electrons. The highest BCUT2D eigenvalue weighted by Gasteiger charge is 2.22. The normalized spacial score (nSPS) is 12.4. The Morgan fingerprint density at radius 2 is 2.18 bits per heavy atom. The smallest absolute Gasteiger partial charge is 0.342 e. The lowest BCUT2D eigenvalue weighted by molar-refractivity contribution is -0.151. The molecule has 1 aromatic heterocycles. The Hall–Kier alpha value is -2.01. The van der Waals surface area contributed by atoms with Crippen molar-refractivity contribution >= 4 is 16.9 Å². The number of carbonyl (C=O) groups excluding carboxylic acids is 1. The van der Waals surface area contributed by atoms with Crippen LogP contribution >= 0.6 is 0 Å². The Labute approximate surface area is 97.6 Å². The largest absolute Gasteiger partial charge is 0.496 e. The van der Waals surface area contributed by atoms with Crippen molar-refractivity contribution in [3.63, 3.8) is 0 Å². The second kappa shape index (κ2) is 4.47. The summed E-state index contributed by atoms with van der Waals surface area (Å²) in [6, 6.07) is 6.83. The molecular weight excluding hydrogens is 224 g/mol. The molecule has 1 aromatic carbocycles. The van der Waals surface area contributed by atoms with Crippen LogP contribution in [-0.4, -0.2) is 25.3 Å². The van der Waals surface area contributed by atoms with Crippen LogP contribution < -0.4 is 4.74 Å². The highest BCUT2D eigenvalue weighted by atomic mass is 16.5. The van der Waals surface area contributed by atoms with Crippen LogP contribution in [0.5, 0.6) is 5.75 Å². The number of esters is 1. The second-order valence-electron chi connectivity index (χ2n) is 3.45. The summed E-state index contributed by atoms with van der Waals surface area (Å²) in [5.41, 5.74) is 0.544. The van der Waals surface area contributed by atoms with E-state index in [1.165, 1.54) is 14.2 Å². The van der Waals surface area contributed by atoms with Crippen LogP contribution in [0.3, 0.4) is 0 Å². The molecule has 2 rings (SSSR count). The molecule has 5 heteroatoms. The minimum atomic E-state index is -1.42. The van der Waals surface area contributed by atoms with Gasteiger partial charge in [0.1, 0.15) is 17.1 Å². The molecule has 0 amide bonds. The molecule has 0 saturated carbocycles. The summed E-state index contributed by atoms with van der Waals surface area (Å²) in [5, 5.41) is 10.3. The van der Waals surface area contributed by atoms with Crippen molar-refractivity contribution in [1.29, 1.82) is 0 Å². The van der Waals surface area contributed by atoms with Gasteiger partial charge in [-0.3, -0.25) is 0 Å². The van der Waals surface area contributed by atoms with E-state index in [2.05, 4.69) is 4.74 Å². The first-order valence-corrected chi connectivity index (χ1v) is 4.99. The topological polar surface area (TPSA) is 68.9 Å². The predicted molar refractivity (Wildman–Crippen MR) is 59.7 cm³/mol. The minimum absolute atomic E-state index is 0.136. The molecule has 17 heavy (non-hydrogen) atoms. The average Bonchev–Trinajstić information content (AvgIpc) is 2.80. The Morgan fingerprint density at radius 3 is 2.82 bits per heavy atom. The number of carbonyl (C=O) groups is 1.